The Labute approximate surface area is 94.5 Å². The van der Waals surface area contributed by atoms with E-state index in [1.807, 2.05) is 12.1 Å². The van der Waals surface area contributed by atoms with Gasteiger partial charge in [0.05, 0.1) is 19.1 Å². The Balaban J connectivity index is 2.75. The largest absolute Gasteiger partial charge is 0.497 e. The number of ether oxygens (including phenoxy) is 1. The zero-order chi connectivity index (χ0) is 12.2. The molecule has 0 radical (unpaired) electrons. The molecule has 0 spiro atoms. The zero-order valence-corrected chi connectivity index (χ0v) is 9.43. The van der Waals surface area contributed by atoms with Gasteiger partial charge in [0.15, 0.2) is 0 Å². The fourth-order valence-electron chi connectivity index (χ4n) is 1.61. The Morgan fingerprint density at radius 1 is 1.50 bits per heavy atom. The molecule has 4 nitrogen and oxygen atoms in total. The molecule has 1 aromatic rings. The lowest BCUT2D eigenvalue weighted by atomic mass is 9.93. The number of hydrogen-bond acceptors (Lipinski definition) is 3. The van der Waals surface area contributed by atoms with E-state index in [1.54, 1.807) is 19.2 Å². The molecule has 1 atom stereocenters. The van der Waals surface area contributed by atoms with E-state index in [2.05, 4.69) is 0 Å². The van der Waals surface area contributed by atoms with Crippen molar-refractivity contribution in [2.75, 3.05) is 7.11 Å². The highest BCUT2D eigenvalue weighted by atomic mass is 16.5. The number of rotatable bonds is 5. The van der Waals surface area contributed by atoms with E-state index in [4.69, 9.17) is 9.84 Å². The molecule has 16 heavy (non-hydrogen) atoms. The number of hydrogen-bond donors (Lipinski definition) is 2. The van der Waals surface area contributed by atoms with Crippen LogP contribution >= 0.6 is 0 Å². The van der Waals surface area contributed by atoms with Crippen LogP contribution in [-0.2, 0) is 11.2 Å². The van der Waals surface area contributed by atoms with Gasteiger partial charge in [0.2, 0.25) is 0 Å². The summed E-state index contributed by atoms with van der Waals surface area (Å²) in [6, 6.07) is 7.23. The molecule has 0 aromatic heterocycles. The number of carboxylic acids is 1. The molecule has 0 saturated carbocycles. The average molecular weight is 224 g/mol. The highest BCUT2D eigenvalue weighted by molar-refractivity contribution is 5.68. The Morgan fingerprint density at radius 3 is 2.75 bits per heavy atom. The van der Waals surface area contributed by atoms with Crippen molar-refractivity contribution in [2.45, 2.75) is 25.4 Å². The van der Waals surface area contributed by atoms with Crippen molar-refractivity contribution >= 4 is 5.97 Å². The second kappa shape index (κ2) is 4.99. The van der Waals surface area contributed by atoms with E-state index >= 15 is 0 Å². The number of methoxy groups -OCH3 is 1. The summed E-state index contributed by atoms with van der Waals surface area (Å²) < 4.78 is 5.05. The van der Waals surface area contributed by atoms with Crippen LogP contribution in [0.4, 0.5) is 0 Å². The molecule has 0 amide bonds. The molecule has 4 heteroatoms. The molecule has 0 aliphatic carbocycles. The Morgan fingerprint density at radius 2 is 2.19 bits per heavy atom. The predicted octanol–water partition coefficient (Wildman–Crippen LogP) is 1.46. The lowest BCUT2D eigenvalue weighted by Gasteiger charge is -2.21. The minimum atomic E-state index is -1.24. The fraction of sp³-hybridized carbons (Fsp3) is 0.417. The van der Waals surface area contributed by atoms with Crippen LogP contribution in [0.5, 0.6) is 5.75 Å². The van der Waals surface area contributed by atoms with Crippen molar-refractivity contribution in [1.82, 2.24) is 0 Å². The molecule has 0 saturated heterocycles. The van der Waals surface area contributed by atoms with E-state index < -0.39 is 11.6 Å². The topological polar surface area (TPSA) is 66.8 Å². The molecule has 0 heterocycles. The van der Waals surface area contributed by atoms with E-state index in [1.165, 1.54) is 6.92 Å². The first-order valence-corrected chi connectivity index (χ1v) is 5.00. The smallest absolute Gasteiger partial charge is 0.306 e. The normalized spacial score (nSPS) is 14.2. The van der Waals surface area contributed by atoms with Crippen LogP contribution in [0, 0.1) is 0 Å². The molecule has 0 aliphatic heterocycles. The number of benzene rings is 1. The second-order valence-corrected chi connectivity index (χ2v) is 4.10. The standard InChI is InChI=1S/C12H16O4/c1-12(15,8-11(13)14)7-9-4-3-5-10(6-9)16-2/h3-6,15H,7-8H2,1-2H3,(H,13,14). The van der Waals surface area contributed by atoms with Crippen molar-refractivity contribution < 1.29 is 19.7 Å². The molecule has 0 bridgehead atoms. The van der Waals surface area contributed by atoms with Crippen LogP contribution in [-0.4, -0.2) is 28.9 Å². The van der Waals surface area contributed by atoms with Crippen LogP contribution in [0.1, 0.15) is 18.9 Å². The second-order valence-electron chi connectivity index (χ2n) is 4.10. The van der Waals surface area contributed by atoms with Crippen molar-refractivity contribution in [3.05, 3.63) is 29.8 Å². The molecular formula is C12H16O4. The maximum atomic E-state index is 10.5. The molecule has 88 valence electrons. The van der Waals surface area contributed by atoms with Gasteiger partial charge in [-0.1, -0.05) is 12.1 Å². The van der Waals surface area contributed by atoms with Gasteiger partial charge in [0.1, 0.15) is 5.75 Å². The van der Waals surface area contributed by atoms with Crippen molar-refractivity contribution in [3.8, 4) is 5.75 Å². The SMILES string of the molecule is COc1cccc(CC(C)(O)CC(=O)O)c1. The van der Waals surface area contributed by atoms with E-state index in [-0.39, 0.29) is 12.8 Å². The Hall–Kier alpha value is -1.55. The predicted molar refractivity (Wildman–Crippen MR) is 59.6 cm³/mol. The van der Waals surface area contributed by atoms with Crippen LogP contribution in [0.15, 0.2) is 24.3 Å². The van der Waals surface area contributed by atoms with E-state index in [9.17, 15) is 9.90 Å². The molecule has 2 N–H and O–H groups in total. The summed E-state index contributed by atoms with van der Waals surface area (Å²) in [5.41, 5.74) is -0.385. The molecule has 1 rings (SSSR count). The lowest BCUT2D eigenvalue weighted by molar-refractivity contribution is -0.141. The first-order chi connectivity index (χ1) is 7.43. The maximum absolute atomic E-state index is 10.5. The van der Waals surface area contributed by atoms with Crippen LogP contribution in [0.25, 0.3) is 0 Å². The third-order valence-electron chi connectivity index (χ3n) is 2.25. The van der Waals surface area contributed by atoms with Gasteiger partial charge in [0, 0.05) is 6.42 Å². The van der Waals surface area contributed by atoms with Gasteiger partial charge in [-0.25, -0.2) is 0 Å². The zero-order valence-electron chi connectivity index (χ0n) is 9.43. The molecule has 0 aliphatic rings. The first-order valence-electron chi connectivity index (χ1n) is 5.00. The van der Waals surface area contributed by atoms with Crippen molar-refractivity contribution in [1.29, 1.82) is 0 Å². The van der Waals surface area contributed by atoms with Crippen LogP contribution < -0.4 is 4.74 Å². The van der Waals surface area contributed by atoms with E-state index in [0.717, 1.165) is 5.56 Å². The monoisotopic (exact) mass is 224 g/mol. The third-order valence-corrected chi connectivity index (χ3v) is 2.25. The van der Waals surface area contributed by atoms with Gasteiger partial charge >= 0.3 is 5.97 Å². The minimum Gasteiger partial charge on any atom is -0.497 e. The van der Waals surface area contributed by atoms with Gasteiger partial charge < -0.3 is 14.9 Å². The molecular weight excluding hydrogens is 208 g/mol. The summed E-state index contributed by atoms with van der Waals surface area (Å²) in [6.45, 7) is 1.51. The van der Waals surface area contributed by atoms with Gasteiger partial charge in [-0.2, -0.15) is 0 Å². The summed E-state index contributed by atoms with van der Waals surface area (Å²) >= 11 is 0. The number of carbonyl (C=O) groups is 1. The quantitative estimate of drug-likeness (QED) is 0.794. The van der Waals surface area contributed by atoms with Gasteiger partial charge in [-0.15, -0.1) is 0 Å². The fourth-order valence-corrected chi connectivity index (χ4v) is 1.61. The van der Waals surface area contributed by atoms with Crippen LogP contribution in [0.3, 0.4) is 0 Å². The Kier molecular flexibility index (Phi) is 3.90. The van der Waals surface area contributed by atoms with E-state index in [0.29, 0.717) is 5.75 Å². The highest BCUT2D eigenvalue weighted by Crippen LogP contribution is 2.20. The number of carboxylic acid groups (broad SMARTS) is 1. The summed E-state index contributed by atoms with van der Waals surface area (Å²) in [7, 11) is 1.56. The summed E-state index contributed by atoms with van der Waals surface area (Å²) in [5.74, 6) is -0.309. The summed E-state index contributed by atoms with van der Waals surface area (Å²) in [6.07, 6.45) is 0.0146. The highest BCUT2D eigenvalue weighted by Gasteiger charge is 2.24. The van der Waals surface area contributed by atoms with Crippen LogP contribution in [0.2, 0.25) is 0 Å². The number of aliphatic hydroxyl groups is 1. The minimum absolute atomic E-state index is 0.274. The maximum Gasteiger partial charge on any atom is 0.306 e. The number of aliphatic carboxylic acids is 1. The molecule has 1 aromatic carbocycles. The van der Waals surface area contributed by atoms with Crippen molar-refractivity contribution in [3.63, 3.8) is 0 Å². The molecule has 1 unspecified atom stereocenters. The third kappa shape index (κ3) is 3.90. The summed E-state index contributed by atoms with van der Waals surface area (Å²) in [4.78, 5) is 10.5. The van der Waals surface area contributed by atoms with Gasteiger partial charge in [-0.05, 0) is 24.6 Å². The first kappa shape index (κ1) is 12.5. The van der Waals surface area contributed by atoms with Gasteiger partial charge in [0.25, 0.3) is 0 Å². The lowest BCUT2D eigenvalue weighted by Crippen LogP contribution is -2.30. The summed E-state index contributed by atoms with van der Waals surface area (Å²) in [5, 5.41) is 18.5. The Bertz CT molecular complexity index is 371. The van der Waals surface area contributed by atoms with Gasteiger partial charge in [-0.3, -0.25) is 4.79 Å². The average Bonchev–Trinajstić information content (AvgIpc) is 2.15. The van der Waals surface area contributed by atoms with Crippen molar-refractivity contribution in [2.24, 2.45) is 0 Å². The molecule has 0 fully saturated rings.